The number of rotatable bonds is 7. The van der Waals surface area contributed by atoms with Gasteiger partial charge in [-0.25, -0.2) is 9.59 Å². The molecule has 0 aromatic carbocycles. The van der Waals surface area contributed by atoms with Crippen LogP contribution >= 0.6 is 0 Å². The minimum atomic E-state index is -0.972. The van der Waals surface area contributed by atoms with E-state index in [1.807, 2.05) is 0 Å². The third-order valence-electron chi connectivity index (χ3n) is 2.53. The highest BCUT2D eigenvalue weighted by Crippen LogP contribution is 2.13. The Morgan fingerprint density at radius 3 is 2.12 bits per heavy atom. The predicted octanol–water partition coefficient (Wildman–Crippen LogP) is 2.67. The van der Waals surface area contributed by atoms with Crippen LogP contribution in [0.5, 0.6) is 0 Å². The molecule has 0 aliphatic carbocycles. The number of aliphatic hydroxyl groups is 1. The molecule has 0 rings (SSSR count). The Kier molecular flexibility index (Phi) is 8.57. The van der Waals surface area contributed by atoms with E-state index in [2.05, 4.69) is 15.3 Å². The molecule has 0 spiro atoms. The Hall–Kier alpha value is -1.99. The number of hydrogen-bond acceptors (Lipinski definition) is 6. The summed E-state index contributed by atoms with van der Waals surface area (Å²) >= 11 is 0. The number of esters is 1. The molecule has 0 radical (unpaired) electrons. The summed E-state index contributed by atoms with van der Waals surface area (Å²) in [6.45, 7) is 10.2. The van der Waals surface area contributed by atoms with Gasteiger partial charge in [-0.2, -0.15) is 0 Å². The molecule has 2 N–H and O–H groups in total. The maximum absolute atomic E-state index is 12.2. The second-order valence-electron chi connectivity index (χ2n) is 7.38. The summed E-state index contributed by atoms with van der Waals surface area (Å²) in [6, 6.07) is -0.972. The summed E-state index contributed by atoms with van der Waals surface area (Å²) in [5, 5.41) is 15.4. The first kappa shape index (κ1) is 22.0. The number of carbonyl (C=O) groups excluding carboxylic acids is 2. The number of aliphatic hydroxyl groups excluding tert-OH is 1. The predicted molar refractivity (Wildman–Crippen MR) is 88.3 cm³/mol. The van der Waals surface area contributed by atoms with Crippen LogP contribution in [0.15, 0.2) is 5.11 Å². The van der Waals surface area contributed by atoms with Crippen LogP contribution in [0, 0.1) is 0 Å². The van der Waals surface area contributed by atoms with Gasteiger partial charge in [0.05, 0.1) is 12.6 Å². The summed E-state index contributed by atoms with van der Waals surface area (Å²) < 4.78 is 10.4. The molecule has 1 amide bonds. The molecule has 0 unspecified atom stereocenters. The van der Waals surface area contributed by atoms with Crippen LogP contribution in [0.1, 0.15) is 54.4 Å². The molecule has 138 valence electrons. The van der Waals surface area contributed by atoms with Crippen LogP contribution in [0.2, 0.25) is 0 Å². The van der Waals surface area contributed by atoms with Crippen LogP contribution in [-0.4, -0.2) is 47.1 Å². The van der Waals surface area contributed by atoms with E-state index in [4.69, 9.17) is 15.0 Å². The first-order valence-electron chi connectivity index (χ1n) is 7.75. The lowest BCUT2D eigenvalue weighted by Crippen LogP contribution is -2.46. The highest BCUT2D eigenvalue weighted by atomic mass is 16.6. The van der Waals surface area contributed by atoms with Crippen molar-refractivity contribution in [3.63, 3.8) is 0 Å². The summed E-state index contributed by atoms with van der Waals surface area (Å²) in [7, 11) is 0. The molecule has 0 bridgehead atoms. The summed E-state index contributed by atoms with van der Waals surface area (Å²) in [5.41, 5.74) is 6.82. The number of alkyl carbamates (subject to hydrolysis) is 1. The van der Waals surface area contributed by atoms with E-state index < -0.39 is 35.4 Å². The Morgan fingerprint density at radius 1 is 1.12 bits per heavy atom. The van der Waals surface area contributed by atoms with Gasteiger partial charge in [0, 0.05) is 4.91 Å². The van der Waals surface area contributed by atoms with Crippen LogP contribution in [0.4, 0.5) is 4.79 Å². The molecule has 0 aliphatic heterocycles. The van der Waals surface area contributed by atoms with E-state index in [9.17, 15) is 14.7 Å². The van der Waals surface area contributed by atoms with Gasteiger partial charge in [0.2, 0.25) is 0 Å². The van der Waals surface area contributed by atoms with Gasteiger partial charge >= 0.3 is 12.1 Å². The van der Waals surface area contributed by atoms with Crippen molar-refractivity contribution in [2.45, 2.75) is 77.7 Å². The molecule has 9 nitrogen and oxygen atoms in total. The van der Waals surface area contributed by atoms with Gasteiger partial charge in [-0.3, -0.25) is 0 Å². The van der Waals surface area contributed by atoms with Crippen LogP contribution in [-0.2, 0) is 14.3 Å². The second kappa shape index (κ2) is 9.34. The van der Waals surface area contributed by atoms with Crippen molar-refractivity contribution in [3.8, 4) is 0 Å². The van der Waals surface area contributed by atoms with E-state index in [1.54, 1.807) is 41.5 Å². The van der Waals surface area contributed by atoms with Gasteiger partial charge in [0.15, 0.2) is 0 Å². The number of carbonyl (C=O) groups is 2. The molecule has 0 aliphatic rings. The van der Waals surface area contributed by atoms with Crippen molar-refractivity contribution in [2.24, 2.45) is 5.11 Å². The molecule has 0 aromatic heterocycles. The number of azide groups is 1. The summed E-state index contributed by atoms with van der Waals surface area (Å²) in [5.74, 6) is -0.621. The molecule has 0 saturated carbocycles. The van der Waals surface area contributed by atoms with Crippen molar-refractivity contribution in [3.05, 3.63) is 10.4 Å². The van der Waals surface area contributed by atoms with Gasteiger partial charge in [-0.15, -0.1) is 0 Å². The minimum Gasteiger partial charge on any atom is -0.458 e. The quantitative estimate of drug-likeness (QED) is 0.317. The molecule has 0 saturated heterocycles. The van der Waals surface area contributed by atoms with E-state index in [1.165, 1.54) is 0 Å². The SMILES string of the molecule is CC(C)(C)OC(=O)N[C@@H](CC[C@H](O)CN=[N+]=[N-])C(=O)OC(C)(C)C. The zero-order chi connectivity index (χ0) is 19.0. The first-order chi connectivity index (χ1) is 10.8. The van der Waals surface area contributed by atoms with E-state index in [0.717, 1.165) is 0 Å². The smallest absolute Gasteiger partial charge is 0.408 e. The van der Waals surface area contributed by atoms with Gasteiger partial charge in [-0.05, 0) is 59.9 Å². The van der Waals surface area contributed by atoms with Crippen LogP contribution < -0.4 is 5.32 Å². The lowest BCUT2D eigenvalue weighted by Gasteiger charge is -2.26. The maximum atomic E-state index is 12.2. The number of nitrogens with zero attached hydrogens (tertiary/aromatic N) is 3. The van der Waals surface area contributed by atoms with Crippen molar-refractivity contribution in [1.29, 1.82) is 0 Å². The molecule has 0 heterocycles. The standard InChI is InChI=1S/C15H28N4O5/c1-14(2,3)23-12(21)11(8-7-10(20)9-17-19-16)18-13(22)24-15(4,5)6/h10-11,20H,7-9H2,1-6H3,(H,18,22)/t10-,11-/m0/s1. The van der Waals surface area contributed by atoms with Crippen LogP contribution in [0.3, 0.4) is 0 Å². The fraction of sp³-hybridized carbons (Fsp3) is 0.867. The topological polar surface area (TPSA) is 134 Å². The van der Waals surface area contributed by atoms with Gasteiger partial charge in [-0.1, -0.05) is 5.11 Å². The highest BCUT2D eigenvalue weighted by molar-refractivity contribution is 5.81. The Labute approximate surface area is 142 Å². The number of hydrogen-bond donors (Lipinski definition) is 2. The first-order valence-corrected chi connectivity index (χ1v) is 7.75. The normalized spacial score (nSPS) is 14.1. The van der Waals surface area contributed by atoms with Crippen molar-refractivity contribution < 1.29 is 24.2 Å². The molecule has 9 heteroatoms. The molecule has 0 aromatic rings. The van der Waals surface area contributed by atoms with Crippen molar-refractivity contribution >= 4 is 12.1 Å². The lowest BCUT2D eigenvalue weighted by atomic mass is 10.1. The summed E-state index contributed by atoms with van der Waals surface area (Å²) in [4.78, 5) is 26.7. The zero-order valence-electron chi connectivity index (χ0n) is 15.2. The van der Waals surface area contributed by atoms with Gasteiger partial charge in [0.1, 0.15) is 17.2 Å². The fourth-order valence-corrected chi connectivity index (χ4v) is 1.65. The summed E-state index contributed by atoms with van der Waals surface area (Å²) in [6.07, 6.45) is -1.39. The van der Waals surface area contributed by atoms with Crippen molar-refractivity contribution in [2.75, 3.05) is 6.54 Å². The number of amides is 1. The van der Waals surface area contributed by atoms with Crippen LogP contribution in [0.25, 0.3) is 10.4 Å². The zero-order valence-corrected chi connectivity index (χ0v) is 15.2. The second-order valence-corrected chi connectivity index (χ2v) is 7.38. The van der Waals surface area contributed by atoms with Crippen molar-refractivity contribution in [1.82, 2.24) is 5.32 Å². The molecule has 0 fully saturated rings. The minimum absolute atomic E-state index is 0.107. The average molecular weight is 344 g/mol. The molecule has 2 atom stereocenters. The van der Waals surface area contributed by atoms with E-state index in [0.29, 0.717) is 0 Å². The monoisotopic (exact) mass is 344 g/mol. The fourth-order valence-electron chi connectivity index (χ4n) is 1.65. The van der Waals surface area contributed by atoms with E-state index in [-0.39, 0.29) is 19.4 Å². The Morgan fingerprint density at radius 2 is 1.67 bits per heavy atom. The average Bonchev–Trinajstić information content (AvgIpc) is 2.36. The molecular formula is C15H28N4O5. The Bertz CT molecular complexity index is 475. The number of ether oxygens (including phenoxy) is 2. The Balaban J connectivity index is 4.85. The molecule has 24 heavy (non-hydrogen) atoms. The van der Waals surface area contributed by atoms with E-state index >= 15 is 0 Å². The highest BCUT2D eigenvalue weighted by Gasteiger charge is 2.29. The third-order valence-corrected chi connectivity index (χ3v) is 2.53. The maximum Gasteiger partial charge on any atom is 0.408 e. The van der Waals surface area contributed by atoms with Gasteiger partial charge in [0.25, 0.3) is 0 Å². The lowest BCUT2D eigenvalue weighted by molar-refractivity contribution is -0.157. The number of nitrogens with one attached hydrogen (secondary N) is 1. The third kappa shape index (κ3) is 11.6. The van der Waals surface area contributed by atoms with Gasteiger partial charge < -0.3 is 19.9 Å². The molecular weight excluding hydrogens is 316 g/mol. The largest absolute Gasteiger partial charge is 0.458 e.